The highest BCUT2D eigenvalue weighted by molar-refractivity contribution is 5.94. The third-order valence-corrected chi connectivity index (χ3v) is 6.00. The third-order valence-electron chi connectivity index (χ3n) is 6.00. The smallest absolute Gasteiger partial charge is 0.303 e. The zero-order chi connectivity index (χ0) is 29.1. The minimum absolute atomic E-state index is 0.0183. The maximum absolute atomic E-state index is 14.5. The first-order valence-electron chi connectivity index (χ1n) is 12.6. The number of aliphatic carboxylic acids is 1. The summed E-state index contributed by atoms with van der Waals surface area (Å²) in [6.07, 6.45) is 4.03. The lowest BCUT2D eigenvalue weighted by atomic mass is 10.0. The second-order valence-electron chi connectivity index (χ2n) is 9.16. The Balaban J connectivity index is 2.24. The van der Waals surface area contributed by atoms with E-state index < -0.39 is 23.5 Å². The van der Waals surface area contributed by atoms with Gasteiger partial charge in [-0.15, -0.1) is 6.58 Å². The predicted molar refractivity (Wildman–Crippen MR) is 150 cm³/mol. The number of aryl methyl sites for hydroxylation is 2. The third kappa shape index (κ3) is 9.56. The van der Waals surface area contributed by atoms with Crippen molar-refractivity contribution in [1.29, 1.82) is 0 Å². The van der Waals surface area contributed by atoms with E-state index in [0.29, 0.717) is 47.5 Å². The number of rotatable bonds is 14. The topological polar surface area (TPSA) is 78.9 Å². The van der Waals surface area contributed by atoms with Gasteiger partial charge in [-0.1, -0.05) is 25.6 Å². The molecule has 2 aromatic rings. The van der Waals surface area contributed by atoms with E-state index in [1.165, 1.54) is 25.1 Å². The fourth-order valence-corrected chi connectivity index (χ4v) is 4.08. The quantitative estimate of drug-likeness (QED) is 0.160. The summed E-state index contributed by atoms with van der Waals surface area (Å²) < 4.78 is 33.8. The van der Waals surface area contributed by atoms with Gasteiger partial charge in [-0.25, -0.2) is 8.78 Å². The van der Waals surface area contributed by atoms with Crippen LogP contribution in [-0.2, 0) is 29.0 Å². The first-order valence-corrected chi connectivity index (χ1v) is 12.6. The molecule has 208 valence electrons. The Labute approximate surface area is 229 Å². The van der Waals surface area contributed by atoms with Crippen molar-refractivity contribution >= 4 is 11.9 Å². The van der Waals surface area contributed by atoms with Crippen LogP contribution in [0.25, 0.3) is 0 Å². The van der Waals surface area contributed by atoms with Crippen LogP contribution in [0.4, 0.5) is 8.78 Å². The van der Waals surface area contributed by atoms with Crippen LogP contribution in [0, 0.1) is 5.82 Å². The van der Waals surface area contributed by atoms with Crippen molar-refractivity contribution < 1.29 is 28.2 Å². The van der Waals surface area contributed by atoms with Crippen LogP contribution in [0.2, 0.25) is 0 Å². The zero-order valence-electron chi connectivity index (χ0n) is 22.9. The number of carboxylic acids is 1. The average molecular weight is 539 g/mol. The first-order chi connectivity index (χ1) is 18.4. The number of hydrogen-bond acceptors (Lipinski definition) is 4. The van der Waals surface area contributed by atoms with Gasteiger partial charge in [-0.3, -0.25) is 9.59 Å². The number of carboxylic acid groups (broad SMARTS) is 1. The summed E-state index contributed by atoms with van der Waals surface area (Å²) in [4.78, 5) is 25.8. The lowest BCUT2D eigenvalue weighted by molar-refractivity contribution is -0.137. The summed E-state index contributed by atoms with van der Waals surface area (Å²) in [5.41, 5.74) is 3.51. The number of allylic oxidation sites excluding steroid dienone is 4. The maximum Gasteiger partial charge on any atom is 0.303 e. The van der Waals surface area contributed by atoms with Gasteiger partial charge >= 0.3 is 5.97 Å². The number of amides is 1. The number of carbonyl (C=O) groups excluding carboxylic acids is 1. The van der Waals surface area contributed by atoms with Crippen LogP contribution in [0.15, 0.2) is 84.4 Å². The number of nitrogens with one attached hydrogen (secondary N) is 1. The van der Waals surface area contributed by atoms with Crippen LogP contribution in [0.5, 0.6) is 11.5 Å². The van der Waals surface area contributed by atoms with Crippen molar-refractivity contribution in [3.05, 3.63) is 107 Å². The van der Waals surface area contributed by atoms with E-state index in [4.69, 9.17) is 9.84 Å². The number of nitrogens with zero attached hydrogens (tertiary/aromatic N) is 1. The van der Waals surface area contributed by atoms with Gasteiger partial charge in [0.25, 0.3) is 5.91 Å². The Morgan fingerprint density at radius 2 is 1.85 bits per heavy atom. The molecule has 0 radical (unpaired) electrons. The molecular formula is C31H36F2N2O4. The molecular weight excluding hydrogens is 502 g/mol. The molecule has 0 unspecified atom stereocenters. The lowest BCUT2D eigenvalue weighted by Gasteiger charge is -2.23. The molecule has 2 N–H and O–H groups in total. The Morgan fingerprint density at radius 3 is 2.46 bits per heavy atom. The summed E-state index contributed by atoms with van der Waals surface area (Å²) in [6, 6.07) is 9.54. The summed E-state index contributed by atoms with van der Waals surface area (Å²) >= 11 is 0. The number of carbonyl (C=O) groups is 2. The fourth-order valence-electron chi connectivity index (χ4n) is 4.08. The molecule has 0 bridgehead atoms. The number of halogens is 2. The summed E-state index contributed by atoms with van der Waals surface area (Å²) in [6.45, 7) is 12.9. The van der Waals surface area contributed by atoms with Gasteiger partial charge in [0.05, 0.1) is 5.83 Å². The molecule has 0 saturated carbocycles. The number of hydrogen-bond donors (Lipinski definition) is 2. The Hall–Kier alpha value is -4.20. The molecule has 0 aliphatic rings. The predicted octanol–water partition coefficient (Wildman–Crippen LogP) is 6.64. The zero-order valence-corrected chi connectivity index (χ0v) is 22.9. The summed E-state index contributed by atoms with van der Waals surface area (Å²) in [7, 11) is 1.71. The molecule has 1 amide bonds. The van der Waals surface area contributed by atoms with Crippen molar-refractivity contribution in [3.8, 4) is 11.5 Å². The van der Waals surface area contributed by atoms with E-state index in [-0.39, 0.29) is 18.7 Å². The molecule has 0 atom stereocenters. The van der Waals surface area contributed by atoms with Gasteiger partial charge in [-0.2, -0.15) is 0 Å². The second kappa shape index (κ2) is 14.7. The molecule has 8 heteroatoms. The molecule has 0 fully saturated rings. The molecule has 0 aliphatic carbocycles. The van der Waals surface area contributed by atoms with Gasteiger partial charge in [0.1, 0.15) is 23.0 Å². The highest BCUT2D eigenvalue weighted by atomic mass is 19.1. The molecule has 0 saturated heterocycles. The Bertz CT molecular complexity index is 1290. The van der Waals surface area contributed by atoms with Crippen LogP contribution in [-0.4, -0.2) is 35.5 Å². The largest absolute Gasteiger partial charge is 0.481 e. The van der Waals surface area contributed by atoms with E-state index in [1.807, 2.05) is 19.1 Å². The molecule has 6 nitrogen and oxygen atoms in total. The molecule has 2 rings (SSSR count). The second-order valence-corrected chi connectivity index (χ2v) is 9.16. The van der Waals surface area contributed by atoms with Gasteiger partial charge in [0.2, 0.25) is 0 Å². The van der Waals surface area contributed by atoms with Gasteiger partial charge in [-0.05, 0) is 84.9 Å². The van der Waals surface area contributed by atoms with Gasteiger partial charge < -0.3 is 20.1 Å². The first kappa shape index (κ1) is 31.0. The van der Waals surface area contributed by atoms with Crippen molar-refractivity contribution in [1.82, 2.24) is 10.2 Å². The van der Waals surface area contributed by atoms with Crippen LogP contribution >= 0.6 is 0 Å². The van der Waals surface area contributed by atoms with Gasteiger partial charge in [0.15, 0.2) is 0 Å². The van der Waals surface area contributed by atoms with E-state index in [1.54, 1.807) is 37.1 Å². The van der Waals surface area contributed by atoms with Crippen LogP contribution in [0.3, 0.4) is 0 Å². The molecule has 0 aromatic heterocycles. The molecule has 2 aromatic carbocycles. The average Bonchev–Trinajstić information content (AvgIpc) is 2.86. The maximum atomic E-state index is 14.5. The highest BCUT2D eigenvalue weighted by Crippen LogP contribution is 2.27. The monoisotopic (exact) mass is 538 g/mol. The van der Waals surface area contributed by atoms with Crippen molar-refractivity contribution in [2.45, 2.75) is 46.6 Å². The summed E-state index contributed by atoms with van der Waals surface area (Å²) in [5.74, 6) is -1.50. The summed E-state index contributed by atoms with van der Waals surface area (Å²) in [5, 5.41) is 11.8. The normalized spacial score (nSPS) is 11.9. The van der Waals surface area contributed by atoms with Gasteiger partial charge in [0, 0.05) is 32.6 Å². The fraction of sp³-hybridized carbons (Fsp3) is 0.290. The number of benzene rings is 2. The van der Waals surface area contributed by atoms with E-state index >= 15 is 0 Å². The van der Waals surface area contributed by atoms with E-state index in [0.717, 1.165) is 11.1 Å². The minimum atomic E-state index is -0.862. The molecule has 0 heterocycles. The molecule has 0 aliphatic heterocycles. The van der Waals surface area contributed by atoms with E-state index in [9.17, 15) is 18.4 Å². The molecule has 0 spiro atoms. The van der Waals surface area contributed by atoms with Crippen LogP contribution in [0.1, 0.15) is 43.9 Å². The molecule has 39 heavy (non-hydrogen) atoms. The van der Waals surface area contributed by atoms with Crippen LogP contribution < -0.4 is 10.1 Å². The Kier molecular flexibility index (Phi) is 11.7. The number of likely N-dealkylation sites (N-methyl/N-ethyl adjacent to an activating group) is 1. The lowest BCUT2D eigenvalue weighted by Crippen LogP contribution is -2.34. The Morgan fingerprint density at radius 1 is 1.13 bits per heavy atom. The van der Waals surface area contributed by atoms with Crippen molar-refractivity contribution in [2.75, 3.05) is 13.6 Å². The van der Waals surface area contributed by atoms with E-state index in [2.05, 4.69) is 18.5 Å². The number of ether oxygens (including phenoxy) is 1. The minimum Gasteiger partial charge on any atom is -0.481 e. The van der Waals surface area contributed by atoms with Crippen molar-refractivity contribution in [3.63, 3.8) is 0 Å². The standard InChI is InChI=1S/C31H36F2N2O4/c1-7-13-35(6)30(22(5)20(3)14-21(4)32)31(38)34-19-23-15-26(33)18-28(16-23)39-27-11-9-25(10-12-29(36)37)24(8-2)17-27/h7,9,11,14-18H,1,3,8,10,12-13,19H2,2,4-6H3,(H,34,38)(H,36,37)/b21-14+,30-22-. The highest BCUT2D eigenvalue weighted by Gasteiger charge is 2.18. The SMILES string of the molecule is C=CCN(C)/C(C(=O)NCc1cc(F)cc(Oc2ccc(CCC(=O)O)c(CC)c2)c1)=C(/C)C(=C)/C=C(\C)F. The van der Waals surface area contributed by atoms with Crippen molar-refractivity contribution in [2.24, 2.45) is 0 Å².